The van der Waals surface area contributed by atoms with Crippen molar-refractivity contribution in [2.75, 3.05) is 24.6 Å². The molecule has 0 radical (unpaired) electrons. The SMILES string of the molecule is CC1CN(c2nc(Cl)nc3ccsc23)CCO1. The molecule has 0 bridgehead atoms. The van der Waals surface area contributed by atoms with Gasteiger partial charge in [0.2, 0.25) is 5.28 Å². The first kappa shape index (κ1) is 11.2. The van der Waals surface area contributed by atoms with Crippen LogP contribution in [0.15, 0.2) is 11.4 Å². The molecule has 1 saturated heterocycles. The van der Waals surface area contributed by atoms with Gasteiger partial charge < -0.3 is 9.64 Å². The Kier molecular flexibility index (Phi) is 2.90. The van der Waals surface area contributed by atoms with Gasteiger partial charge in [0, 0.05) is 13.1 Å². The third-order valence-electron chi connectivity index (χ3n) is 2.80. The molecule has 4 nitrogen and oxygen atoms in total. The summed E-state index contributed by atoms with van der Waals surface area (Å²) >= 11 is 7.61. The highest BCUT2D eigenvalue weighted by atomic mass is 35.5. The third-order valence-corrected chi connectivity index (χ3v) is 3.87. The highest BCUT2D eigenvalue weighted by molar-refractivity contribution is 7.17. The average Bonchev–Trinajstić information content (AvgIpc) is 2.75. The van der Waals surface area contributed by atoms with E-state index in [4.69, 9.17) is 16.3 Å². The van der Waals surface area contributed by atoms with E-state index in [1.165, 1.54) is 0 Å². The first-order valence-corrected chi connectivity index (χ1v) is 6.77. The summed E-state index contributed by atoms with van der Waals surface area (Å²) in [6.45, 7) is 4.50. The predicted octanol–water partition coefficient (Wildman–Crippen LogP) is 2.57. The highest BCUT2D eigenvalue weighted by Crippen LogP contribution is 2.30. The van der Waals surface area contributed by atoms with Crippen LogP contribution in [0.1, 0.15) is 6.92 Å². The Labute approximate surface area is 108 Å². The van der Waals surface area contributed by atoms with E-state index >= 15 is 0 Å². The number of fused-ring (bicyclic) bond motifs is 1. The second kappa shape index (κ2) is 4.40. The van der Waals surface area contributed by atoms with Crippen molar-refractivity contribution in [3.63, 3.8) is 0 Å². The van der Waals surface area contributed by atoms with Crippen molar-refractivity contribution in [2.24, 2.45) is 0 Å². The predicted molar refractivity (Wildman–Crippen MR) is 70.1 cm³/mol. The second-order valence-corrected chi connectivity index (χ2v) is 5.33. The molecule has 3 heterocycles. The molecule has 3 rings (SSSR count). The van der Waals surface area contributed by atoms with Crippen molar-refractivity contribution < 1.29 is 4.74 Å². The number of aromatic nitrogens is 2. The monoisotopic (exact) mass is 269 g/mol. The molecule has 0 amide bonds. The second-order valence-electron chi connectivity index (χ2n) is 4.08. The molecule has 1 unspecified atom stereocenters. The minimum absolute atomic E-state index is 0.229. The van der Waals surface area contributed by atoms with Crippen LogP contribution in [0.2, 0.25) is 5.28 Å². The fraction of sp³-hybridized carbons (Fsp3) is 0.455. The van der Waals surface area contributed by atoms with Crippen LogP contribution in [0.3, 0.4) is 0 Å². The zero-order valence-electron chi connectivity index (χ0n) is 9.39. The number of anilines is 1. The van der Waals surface area contributed by atoms with Crippen LogP contribution in [0, 0.1) is 0 Å². The molecule has 0 N–H and O–H groups in total. The van der Waals surface area contributed by atoms with E-state index in [2.05, 4.69) is 21.8 Å². The van der Waals surface area contributed by atoms with E-state index in [1.54, 1.807) is 11.3 Å². The molecule has 90 valence electrons. The number of ether oxygens (including phenoxy) is 1. The number of hydrogen-bond acceptors (Lipinski definition) is 5. The summed E-state index contributed by atoms with van der Waals surface area (Å²) in [5.74, 6) is 0.935. The Bertz CT molecular complexity index is 544. The molecule has 1 aliphatic heterocycles. The van der Waals surface area contributed by atoms with Gasteiger partial charge in [-0.05, 0) is 30.0 Å². The smallest absolute Gasteiger partial charge is 0.224 e. The standard InChI is InChI=1S/C11H12ClN3OS/c1-7-6-15(3-4-16-7)10-9-8(2-5-17-9)13-11(12)14-10/h2,5,7H,3-4,6H2,1H3. The first-order valence-electron chi connectivity index (χ1n) is 5.51. The summed E-state index contributed by atoms with van der Waals surface area (Å²) in [5.41, 5.74) is 0.921. The Morgan fingerprint density at radius 1 is 1.53 bits per heavy atom. The maximum Gasteiger partial charge on any atom is 0.224 e. The first-order chi connectivity index (χ1) is 8.24. The molecular weight excluding hydrogens is 258 g/mol. The Morgan fingerprint density at radius 3 is 3.24 bits per heavy atom. The van der Waals surface area contributed by atoms with Crippen LogP contribution in [0.25, 0.3) is 10.2 Å². The number of morpholine rings is 1. The number of rotatable bonds is 1. The van der Waals surface area contributed by atoms with Crippen molar-refractivity contribution in [1.82, 2.24) is 9.97 Å². The van der Waals surface area contributed by atoms with E-state index < -0.39 is 0 Å². The molecule has 0 spiro atoms. The quantitative estimate of drug-likeness (QED) is 0.746. The van der Waals surface area contributed by atoms with Crippen molar-refractivity contribution in [2.45, 2.75) is 13.0 Å². The van der Waals surface area contributed by atoms with Crippen LogP contribution < -0.4 is 4.90 Å². The number of hydrogen-bond donors (Lipinski definition) is 0. The minimum atomic E-state index is 0.229. The number of thiophene rings is 1. The van der Waals surface area contributed by atoms with E-state index in [0.717, 1.165) is 35.7 Å². The normalized spacial score (nSPS) is 21.1. The van der Waals surface area contributed by atoms with Gasteiger partial charge in [0.25, 0.3) is 0 Å². The van der Waals surface area contributed by atoms with Crippen LogP contribution in [0.5, 0.6) is 0 Å². The molecule has 0 aromatic carbocycles. The van der Waals surface area contributed by atoms with E-state index in [1.807, 2.05) is 11.4 Å². The molecule has 1 aliphatic rings. The lowest BCUT2D eigenvalue weighted by Crippen LogP contribution is -2.41. The summed E-state index contributed by atoms with van der Waals surface area (Å²) in [4.78, 5) is 10.8. The lowest BCUT2D eigenvalue weighted by molar-refractivity contribution is 0.0530. The highest BCUT2D eigenvalue weighted by Gasteiger charge is 2.21. The molecule has 2 aromatic rings. The maximum absolute atomic E-state index is 5.96. The Balaban J connectivity index is 2.06. The van der Waals surface area contributed by atoms with Crippen LogP contribution in [0.4, 0.5) is 5.82 Å². The molecule has 0 saturated carbocycles. The van der Waals surface area contributed by atoms with E-state index in [9.17, 15) is 0 Å². The number of halogens is 1. The summed E-state index contributed by atoms with van der Waals surface area (Å²) in [6, 6.07) is 1.97. The van der Waals surface area contributed by atoms with Gasteiger partial charge in [0.1, 0.15) is 0 Å². The van der Waals surface area contributed by atoms with Crippen LogP contribution in [-0.2, 0) is 4.74 Å². The fourth-order valence-corrected chi connectivity index (χ4v) is 3.06. The van der Waals surface area contributed by atoms with Gasteiger partial charge in [-0.2, -0.15) is 4.98 Å². The zero-order valence-corrected chi connectivity index (χ0v) is 11.0. The average molecular weight is 270 g/mol. The van der Waals surface area contributed by atoms with Crippen molar-refractivity contribution >= 4 is 39.0 Å². The van der Waals surface area contributed by atoms with Gasteiger partial charge >= 0.3 is 0 Å². The fourth-order valence-electron chi connectivity index (χ4n) is 2.05. The van der Waals surface area contributed by atoms with Gasteiger partial charge in [-0.1, -0.05) is 0 Å². The Hall–Kier alpha value is -0.910. The molecule has 6 heteroatoms. The Morgan fingerprint density at radius 2 is 2.41 bits per heavy atom. The van der Waals surface area contributed by atoms with Gasteiger partial charge in [-0.25, -0.2) is 4.98 Å². The van der Waals surface area contributed by atoms with Crippen LogP contribution >= 0.6 is 22.9 Å². The molecule has 1 fully saturated rings. The maximum atomic E-state index is 5.96. The summed E-state index contributed by atoms with van der Waals surface area (Å²) in [7, 11) is 0. The van der Waals surface area contributed by atoms with E-state index in [0.29, 0.717) is 5.28 Å². The van der Waals surface area contributed by atoms with Crippen molar-refractivity contribution in [1.29, 1.82) is 0 Å². The molecule has 17 heavy (non-hydrogen) atoms. The number of nitrogens with zero attached hydrogens (tertiary/aromatic N) is 3. The largest absolute Gasteiger partial charge is 0.375 e. The molecular formula is C11H12ClN3OS. The van der Waals surface area contributed by atoms with Crippen molar-refractivity contribution in [3.8, 4) is 0 Å². The topological polar surface area (TPSA) is 38.2 Å². The molecule has 2 aromatic heterocycles. The van der Waals surface area contributed by atoms with Crippen molar-refractivity contribution in [3.05, 3.63) is 16.7 Å². The minimum Gasteiger partial charge on any atom is -0.375 e. The third kappa shape index (κ3) is 2.10. The van der Waals surface area contributed by atoms with Gasteiger partial charge in [0.05, 0.1) is 22.9 Å². The summed E-state index contributed by atoms with van der Waals surface area (Å²) in [5, 5.41) is 2.33. The van der Waals surface area contributed by atoms with Gasteiger partial charge in [0.15, 0.2) is 5.82 Å². The van der Waals surface area contributed by atoms with E-state index in [-0.39, 0.29) is 6.10 Å². The zero-order chi connectivity index (χ0) is 11.8. The van der Waals surface area contributed by atoms with Gasteiger partial charge in [-0.15, -0.1) is 11.3 Å². The van der Waals surface area contributed by atoms with Crippen LogP contribution in [-0.4, -0.2) is 35.8 Å². The lowest BCUT2D eigenvalue weighted by atomic mass is 10.3. The molecule has 0 aliphatic carbocycles. The van der Waals surface area contributed by atoms with Gasteiger partial charge in [-0.3, -0.25) is 0 Å². The summed E-state index contributed by atoms with van der Waals surface area (Å²) < 4.78 is 6.64. The summed E-state index contributed by atoms with van der Waals surface area (Å²) in [6.07, 6.45) is 0.229. The molecule has 1 atom stereocenters. The lowest BCUT2D eigenvalue weighted by Gasteiger charge is -2.32.